The second-order valence-electron chi connectivity index (χ2n) is 6.09. The molecule has 4 rings (SSSR count). The second-order valence-corrected chi connectivity index (χ2v) is 6.52. The highest BCUT2D eigenvalue weighted by molar-refractivity contribution is 6.30. The molecule has 1 amide bonds. The van der Waals surface area contributed by atoms with Crippen molar-refractivity contribution in [3.63, 3.8) is 0 Å². The molecule has 0 spiro atoms. The van der Waals surface area contributed by atoms with Gasteiger partial charge in [0.2, 0.25) is 5.88 Å². The Morgan fingerprint density at radius 3 is 2.96 bits per heavy atom. The van der Waals surface area contributed by atoms with Gasteiger partial charge >= 0.3 is 0 Å². The van der Waals surface area contributed by atoms with Crippen molar-refractivity contribution in [3.8, 4) is 11.6 Å². The Kier molecular flexibility index (Phi) is 4.08. The third kappa shape index (κ3) is 2.80. The molecule has 3 aromatic rings. The molecule has 2 aromatic heterocycles. The minimum absolute atomic E-state index is 0.162. The lowest BCUT2D eigenvalue weighted by atomic mass is 10.2. The molecule has 0 aliphatic carbocycles. The number of hydrogen-bond donors (Lipinski definition) is 0. The number of aromatic nitrogens is 4. The fourth-order valence-corrected chi connectivity index (χ4v) is 3.15. The molecule has 1 aliphatic heterocycles. The van der Waals surface area contributed by atoms with Gasteiger partial charge in [-0.1, -0.05) is 22.9 Å². The lowest BCUT2D eigenvalue weighted by Gasteiger charge is -2.32. The Hall–Kier alpha value is -2.93. The first-order valence-corrected chi connectivity index (χ1v) is 8.54. The SMILES string of the molecule is Cc1c(C(=O)N2C[C@H](C)Oc3ncccc32)nnn1-c1cccc(Cl)c1. The van der Waals surface area contributed by atoms with Gasteiger partial charge in [-0.2, -0.15) is 0 Å². The first-order chi connectivity index (χ1) is 12.5. The number of pyridine rings is 1. The molecule has 0 N–H and O–H groups in total. The van der Waals surface area contributed by atoms with E-state index < -0.39 is 0 Å². The van der Waals surface area contributed by atoms with Gasteiger partial charge in [0.1, 0.15) is 11.8 Å². The molecule has 0 unspecified atom stereocenters. The molecule has 0 bridgehead atoms. The van der Waals surface area contributed by atoms with Crippen LogP contribution in [-0.4, -0.2) is 38.5 Å². The Morgan fingerprint density at radius 1 is 1.31 bits per heavy atom. The van der Waals surface area contributed by atoms with E-state index in [4.69, 9.17) is 16.3 Å². The molecule has 1 atom stereocenters. The molecule has 0 saturated heterocycles. The van der Waals surface area contributed by atoms with Crippen LogP contribution in [0.2, 0.25) is 5.02 Å². The summed E-state index contributed by atoms with van der Waals surface area (Å²) in [6, 6.07) is 10.8. The molecule has 132 valence electrons. The molecule has 3 heterocycles. The highest BCUT2D eigenvalue weighted by Gasteiger charge is 2.31. The van der Waals surface area contributed by atoms with Crippen molar-refractivity contribution < 1.29 is 9.53 Å². The molecule has 1 aromatic carbocycles. The summed E-state index contributed by atoms with van der Waals surface area (Å²) in [6.45, 7) is 4.12. The van der Waals surface area contributed by atoms with Gasteiger partial charge in [0.15, 0.2) is 5.69 Å². The monoisotopic (exact) mass is 369 g/mol. The summed E-state index contributed by atoms with van der Waals surface area (Å²) in [4.78, 5) is 19.0. The van der Waals surface area contributed by atoms with Crippen LogP contribution in [-0.2, 0) is 0 Å². The van der Waals surface area contributed by atoms with Crippen LogP contribution in [0.4, 0.5) is 5.69 Å². The number of ether oxygens (including phenoxy) is 1. The minimum Gasteiger partial charge on any atom is -0.471 e. The average molecular weight is 370 g/mol. The summed E-state index contributed by atoms with van der Waals surface area (Å²) >= 11 is 6.05. The lowest BCUT2D eigenvalue weighted by Crippen LogP contribution is -2.43. The Morgan fingerprint density at radius 2 is 2.15 bits per heavy atom. The predicted molar refractivity (Wildman–Crippen MR) is 97.1 cm³/mol. The third-order valence-electron chi connectivity index (χ3n) is 4.19. The maximum Gasteiger partial charge on any atom is 0.281 e. The van der Waals surface area contributed by atoms with Gasteiger partial charge in [-0.25, -0.2) is 9.67 Å². The van der Waals surface area contributed by atoms with E-state index >= 15 is 0 Å². The molecule has 8 heteroatoms. The number of carbonyl (C=O) groups excluding carboxylic acids is 1. The molecule has 1 aliphatic rings. The standard InChI is InChI=1S/C18H16ClN5O2/c1-11-10-23(15-7-4-8-20-17(15)26-11)18(25)16-12(2)24(22-21-16)14-6-3-5-13(19)9-14/h3-9,11H,10H2,1-2H3/t11-/m0/s1. The van der Waals surface area contributed by atoms with E-state index in [1.807, 2.05) is 32.0 Å². The van der Waals surface area contributed by atoms with Gasteiger partial charge in [-0.05, 0) is 44.2 Å². The van der Waals surface area contributed by atoms with Gasteiger partial charge in [0, 0.05) is 11.2 Å². The first-order valence-electron chi connectivity index (χ1n) is 8.16. The lowest BCUT2D eigenvalue weighted by molar-refractivity contribution is 0.0953. The van der Waals surface area contributed by atoms with Crippen LogP contribution in [0.1, 0.15) is 23.1 Å². The summed E-state index contributed by atoms with van der Waals surface area (Å²) in [7, 11) is 0. The van der Waals surface area contributed by atoms with Crippen molar-refractivity contribution in [3.05, 3.63) is 59.0 Å². The quantitative estimate of drug-likeness (QED) is 0.694. The fourth-order valence-electron chi connectivity index (χ4n) is 2.96. The van der Waals surface area contributed by atoms with Gasteiger partial charge in [0.25, 0.3) is 5.91 Å². The van der Waals surface area contributed by atoms with Crippen LogP contribution in [0, 0.1) is 6.92 Å². The highest BCUT2D eigenvalue weighted by atomic mass is 35.5. The number of anilines is 1. The van der Waals surface area contributed by atoms with Gasteiger partial charge < -0.3 is 4.74 Å². The largest absolute Gasteiger partial charge is 0.471 e. The van der Waals surface area contributed by atoms with Crippen LogP contribution >= 0.6 is 11.6 Å². The van der Waals surface area contributed by atoms with E-state index in [1.165, 1.54) is 0 Å². The van der Waals surface area contributed by atoms with Crippen LogP contribution in [0.15, 0.2) is 42.6 Å². The van der Waals surface area contributed by atoms with Crippen molar-refractivity contribution in [2.24, 2.45) is 0 Å². The maximum atomic E-state index is 13.1. The number of nitrogens with zero attached hydrogens (tertiary/aromatic N) is 5. The average Bonchev–Trinajstić information content (AvgIpc) is 3.02. The Balaban J connectivity index is 1.72. The number of amides is 1. The van der Waals surface area contributed by atoms with Gasteiger partial charge in [-0.3, -0.25) is 9.69 Å². The van der Waals surface area contributed by atoms with Crippen molar-refractivity contribution in [1.82, 2.24) is 20.0 Å². The molecule has 0 fully saturated rings. The van der Waals surface area contributed by atoms with Crippen LogP contribution in [0.3, 0.4) is 0 Å². The van der Waals surface area contributed by atoms with E-state index in [9.17, 15) is 4.79 Å². The number of fused-ring (bicyclic) bond motifs is 1. The number of halogens is 1. The normalized spacial score (nSPS) is 16.1. The van der Waals surface area contributed by atoms with Crippen molar-refractivity contribution in [2.45, 2.75) is 20.0 Å². The van der Waals surface area contributed by atoms with E-state index in [1.54, 1.807) is 34.0 Å². The predicted octanol–water partition coefficient (Wildman–Crippen LogP) is 3.05. The van der Waals surface area contributed by atoms with Crippen LogP contribution < -0.4 is 9.64 Å². The summed E-state index contributed by atoms with van der Waals surface area (Å²) in [5, 5.41) is 8.83. The van der Waals surface area contributed by atoms with E-state index in [0.29, 0.717) is 28.8 Å². The molecule has 7 nitrogen and oxygen atoms in total. The summed E-state index contributed by atoms with van der Waals surface area (Å²) in [5.41, 5.74) is 2.31. The fraction of sp³-hybridized carbons (Fsp3) is 0.222. The van der Waals surface area contributed by atoms with E-state index in [-0.39, 0.29) is 17.7 Å². The summed E-state index contributed by atoms with van der Waals surface area (Å²) in [6.07, 6.45) is 1.48. The number of carbonyl (C=O) groups is 1. The van der Waals surface area contributed by atoms with Crippen LogP contribution in [0.25, 0.3) is 5.69 Å². The number of hydrogen-bond acceptors (Lipinski definition) is 5. The van der Waals surface area contributed by atoms with E-state index in [2.05, 4.69) is 15.3 Å². The maximum absolute atomic E-state index is 13.1. The zero-order valence-electron chi connectivity index (χ0n) is 14.3. The Labute approximate surface area is 155 Å². The summed E-state index contributed by atoms with van der Waals surface area (Å²) < 4.78 is 7.31. The molecular formula is C18H16ClN5O2. The van der Waals surface area contributed by atoms with Gasteiger partial charge in [0.05, 0.1) is 17.9 Å². The minimum atomic E-state index is -0.236. The number of benzene rings is 1. The number of rotatable bonds is 2. The third-order valence-corrected chi connectivity index (χ3v) is 4.42. The van der Waals surface area contributed by atoms with Crippen molar-refractivity contribution in [2.75, 3.05) is 11.4 Å². The topological polar surface area (TPSA) is 73.1 Å². The van der Waals surface area contributed by atoms with E-state index in [0.717, 1.165) is 5.69 Å². The highest BCUT2D eigenvalue weighted by Crippen LogP contribution is 2.32. The second kappa shape index (κ2) is 6.42. The smallest absolute Gasteiger partial charge is 0.281 e. The van der Waals surface area contributed by atoms with Crippen molar-refractivity contribution >= 4 is 23.2 Å². The van der Waals surface area contributed by atoms with Crippen molar-refractivity contribution in [1.29, 1.82) is 0 Å². The summed E-state index contributed by atoms with van der Waals surface area (Å²) in [5.74, 6) is 0.208. The molecule has 0 radical (unpaired) electrons. The molecular weight excluding hydrogens is 354 g/mol. The first kappa shape index (κ1) is 16.5. The molecule has 0 saturated carbocycles. The zero-order valence-corrected chi connectivity index (χ0v) is 15.0. The molecule has 26 heavy (non-hydrogen) atoms. The Bertz CT molecular complexity index is 987. The van der Waals surface area contributed by atoms with Gasteiger partial charge in [-0.15, -0.1) is 5.10 Å². The van der Waals surface area contributed by atoms with Crippen LogP contribution in [0.5, 0.6) is 5.88 Å². The zero-order chi connectivity index (χ0) is 18.3.